The van der Waals surface area contributed by atoms with E-state index in [0.717, 1.165) is 26.2 Å². The molecule has 0 saturated heterocycles. The number of rotatable bonds is 9. The monoisotopic (exact) mass is 496 g/mol. The van der Waals surface area contributed by atoms with Gasteiger partial charge in [0.25, 0.3) is 0 Å². The quantitative estimate of drug-likeness (QED) is 0.124. The Balaban J connectivity index is -0.0000000871. The van der Waals surface area contributed by atoms with Gasteiger partial charge < -0.3 is 62.3 Å². The van der Waals surface area contributed by atoms with Crippen LogP contribution in [0, 0.1) is 0 Å². The van der Waals surface area contributed by atoms with Gasteiger partial charge in [-0.3, -0.25) is 0 Å². The van der Waals surface area contributed by atoms with E-state index < -0.39 is 10.0 Å². The zero-order chi connectivity index (χ0) is 18.8. The van der Waals surface area contributed by atoms with Gasteiger partial charge in [-0.05, 0) is 0 Å². The molecule has 0 saturated carbocycles. The molecule has 0 radical (unpaired) electrons. The van der Waals surface area contributed by atoms with Crippen molar-refractivity contribution in [3.05, 3.63) is 5.14 Å². The van der Waals surface area contributed by atoms with Crippen LogP contribution in [-0.2, 0) is 26.5 Å². The summed E-state index contributed by atoms with van der Waals surface area (Å²) in [6.45, 7) is 6.27. The Labute approximate surface area is 180 Å². The molecule has 1 heterocycles. The maximum atomic E-state index is 10.4. The minimum atomic E-state index is -3.97. The van der Waals surface area contributed by atoms with Gasteiger partial charge in [-0.2, -0.15) is 0 Å². The number of sulfonamides is 1. The molecular formula is C10H31ClN10NiO3S2. The predicted octanol–water partition coefficient (Wildman–Crippen LogP) is -6.98. The van der Waals surface area contributed by atoms with Crippen LogP contribution >= 0.6 is 11.3 Å². The number of nitrogens with zero attached hydrogens (tertiary/aromatic N) is 2. The molecule has 0 unspecified atom stereocenters. The third kappa shape index (κ3) is 28.1. The number of anilines is 1. The zero-order valence-corrected chi connectivity index (χ0v) is 18.1. The average Bonchev–Trinajstić information content (AvgIpc) is 2.97. The van der Waals surface area contributed by atoms with E-state index >= 15 is 0 Å². The number of nitrogens with one attached hydrogen (secondary N) is 3. The molecular weight excluding hydrogens is 466 g/mol. The molecule has 1 aromatic heterocycles. The van der Waals surface area contributed by atoms with E-state index in [9.17, 15) is 8.42 Å². The Morgan fingerprint density at radius 3 is 1.37 bits per heavy atom. The minimum absolute atomic E-state index is 0. The fourth-order valence-electron chi connectivity index (χ4n) is 0.987. The first kappa shape index (κ1) is 37.5. The predicted molar refractivity (Wildman–Crippen MR) is 101 cm³/mol. The summed E-state index contributed by atoms with van der Waals surface area (Å²) in [6, 6.07) is 0. The van der Waals surface area contributed by atoms with Crippen molar-refractivity contribution in [2.24, 2.45) is 22.9 Å². The molecule has 27 heavy (non-hydrogen) atoms. The van der Waals surface area contributed by atoms with Gasteiger partial charge in [0.1, 0.15) is 10.0 Å². The number of aromatic nitrogens is 2. The molecule has 0 fully saturated rings. The second-order valence-electron chi connectivity index (χ2n) is 4.06. The molecule has 17 heteroatoms. The summed E-state index contributed by atoms with van der Waals surface area (Å²) in [7, 11) is -3.97. The van der Waals surface area contributed by atoms with Crippen molar-refractivity contribution >= 4 is 26.5 Å². The van der Waals surface area contributed by atoms with Gasteiger partial charge in [0.15, 0.2) is 0 Å². The Kier molecular flexibility index (Phi) is 35.8. The molecule has 15 N–H and O–H groups in total. The number of hydrogen-bond donors (Lipinski definition) is 7. The molecule has 0 bridgehead atoms. The summed E-state index contributed by atoms with van der Waals surface area (Å²) in [4.78, 5) is 0. The minimum Gasteiger partial charge on any atom is -1.00 e. The van der Waals surface area contributed by atoms with Crippen molar-refractivity contribution in [3.63, 3.8) is 0 Å². The molecule has 0 aliphatic rings. The smallest absolute Gasteiger partial charge is 1.00 e. The van der Waals surface area contributed by atoms with E-state index in [4.69, 9.17) is 33.8 Å². The van der Waals surface area contributed by atoms with Crippen molar-refractivity contribution in [2.75, 3.05) is 58.1 Å². The summed E-state index contributed by atoms with van der Waals surface area (Å²) < 4.78 is 20.4. The maximum absolute atomic E-state index is 10.4. The Morgan fingerprint density at radius 1 is 0.889 bits per heavy atom. The second kappa shape index (κ2) is 25.8. The second-order valence-corrected chi connectivity index (χ2v) is 6.73. The summed E-state index contributed by atoms with van der Waals surface area (Å²) in [5.41, 5.74) is 25.7. The van der Waals surface area contributed by atoms with Gasteiger partial charge >= 0.3 is 16.5 Å². The molecule has 1 rings (SSSR count). The summed E-state index contributed by atoms with van der Waals surface area (Å²) in [5.74, 6) is 0. The van der Waals surface area contributed by atoms with Gasteiger partial charge in [0.2, 0.25) is 9.47 Å². The van der Waals surface area contributed by atoms with Crippen LogP contribution in [0.25, 0.3) is 5.14 Å². The van der Waals surface area contributed by atoms with Gasteiger partial charge in [0, 0.05) is 52.4 Å². The van der Waals surface area contributed by atoms with Gasteiger partial charge in [-0.15, -0.1) is 10.2 Å². The van der Waals surface area contributed by atoms with Gasteiger partial charge in [0.05, 0.1) is 0 Å². The number of nitrogens with two attached hydrogens (primary N) is 5. The molecule has 0 amide bonds. The van der Waals surface area contributed by atoms with Gasteiger partial charge in [-0.25, -0.2) is 8.42 Å². The van der Waals surface area contributed by atoms with Crippen molar-refractivity contribution in [2.45, 2.75) is 4.34 Å². The van der Waals surface area contributed by atoms with Crippen LogP contribution < -0.4 is 51.7 Å². The first-order valence-corrected chi connectivity index (χ1v) is 9.43. The van der Waals surface area contributed by atoms with Crippen LogP contribution in [0.5, 0.6) is 0 Å². The number of nitrogen functional groups attached to an aromatic ring is 1. The molecule has 1 aromatic rings. The zero-order valence-electron chi connectivity index (χ0n) is 14.8. The molecule has 168 valence electrons. The van der Waals surface area contributed by atoms with Crippen molar-refractivity contribution in [1.82, 2.24) is 20.8 Å². The average molecular weight is 498 g/mol. The van der Waals surface area contributed by atoms with E-state index in [1.54, 1.807) is 0 Å². The van der Waals surface area contributed by atoms with Crippen LogP contribution in [0.3, 0.4) is 0 Å². The Morgan fingerprint density at radius 2 is 1.22 bits per heavy atom. The summed E-state index contributed by atoms with van der Waals surface area (Å²) in [5, 5.41) is 19.0. The van der Waals surface area contributed by atoms with Crippen LogP contribution in [0.4, 0.5) is 5.13 Å². The molecule has 0 aromatic carbocycles. The fourth-order valence-corrected chi connectivity index (χ4v) is 2.17. The third-order valence-electron chi connectivity index (χ3n) is 1.94. The summed E-state index contributed by atoms with van der Waals surface area (Å²) in [6.07, 6.45) is 0. The normalized spacial score (nSPS) is 9.22. The first-order valence-electron chi connectivity index (χ1n) is 7.13. The van der Waals surface area contributed by atoms with Crippen LogP contribution in [0.15, 0.2) is 4.34 Å². The molecule has 0 aliphatic heterocycles. The topological polar surface area (TPSA) is 269 Å². The van der Waals surface area contributed by atoms with E-state index in [1.807, 2.05) is 0 Å². The number of halogens is 1. The third-order valence-corrected chi connectivity index (χ3v) is 3.93. The van der Waals surface area contributed by atoms with Crippen molar-refractivity contribution in [1.29, 1.82) is 0 Å². The first-order chi connectivity index (χ1) is 11.3. The molecule has 13 nitrogen and oxygen atoms in total. The van der Waals surface area contributed by atoms with E-state index in [0.29, 0.717) is 37.5 Å². The van der Waals surface area contributed by atoms with Crippen molar-refractivity contribution < 1.29 is 42.8 Å². The largest absolute Gasteiger partial charge is 2.00 e. The fraction of sp³-hybridized carbons (Fsp3) is 0.800. The van der Waals surface area contributed by atoms with Gasteiger partial charge in [-0.1, -0.05) is 11.3 Å². The van der Waals surface area contributed by atoms with E-state index in [1.165, 1.54) is 0 Å². The van der Waals surface area contributed by atoms with E-state index in [2.05, 4.69) is 20.8 Å². The SMILES string of the molecule is NCCNCCN.NCCNCCN.O.[Cl-].[NH-]S(=O)(=O)c1nnc(N)s1.[Ni+2]. The van der Waals surface area contributed by atoms with Crippen LogP contribution in [0.1, 0.15) is 0 Å². The maximum Gasteiger partial charge on any atom is 2.00 e. The molecule has 0 atom stereocenters. The number of hydrogen-bond acceptors (Lipinski definition) is 12. The van der Waals surface area contributed by atoms with Crippen LogP contribution in [0.2, 0.25) is 0 Å². The Hall–Kier alpha value is -0.226. The van der Waals surface area contributed by atoms with Crippen LogP contribution in [-0.4, -0.2) is 76.4 Å². The van der Waals surface area contributed by atoms with Crippen molar-refractivity contribution in [3.8, 4) is 0 Å². The van der Waals surface area contributed by atoms with E-state index in [-0.39, 0.29) is 43.8 Å². The standard InChI is InChI=1S/2C4H13N3.C2H3N4O2S2.ClH.Ni.H2O/c2*5-1-3-7-4-2-6;3-1-5-6-2(9-1)10(4,7)8;;;/h2*7H,1-6H2;(H3-,3,4,5,7,8);1H;;1H2/q;;-1;;+2;/p-1. The molecule has 0 aliphatic carbocycles. The summed E-state index contributed by atoms with van der Waals surface area (Å²) >= 11 is 0.675. The molecule has 0 spiro atoms. The Bertz CT molecular complexity index is 479.